The summed E-state index contributed by atoms with van der Waals surface area (Å²) in [6, 6.07) is 0.293. The first kappa shape index (κ1) is 13.4. The zero-order chi connectivity index (χ0) is 12.0. The number of nitrogens with one attached hydrogen (secondary N) is 1. The van der Waals surface area contributed by atoms with Crippen LogP contribution in [-0.2, 0) is 9.53 Å². The normalized spacial score (nSPS) is 17.2. The van der Waals surface area contributed by atoms with Gasteiger partial charge in [0.05, 0.1) is 25.8 Å². The highest BCUT2D eigenvalue weighted by Crippen LogP contribution is 2.26. The van der Waals surface area contributed by atoms with Crippen molar-refractivity contribution in [2.45, 2.75) is 31.8 Å². The lowest BCUT2D eigenvalue weighted by Gasteiger charge is -2.22. The Kier molecular flexibility index (Phi) is 5.73. The molecule has 94 valence electrons. The van der Waals surface area contributed by atoms with Crippen molar-refractivity contribution in [1.29, 1.82) is 0 Å². The molecular weight excluding hydrogens is 208 g/mol. The average Bonchev–Trinajstić information content (AvgIpc) is 3.09. The molecule has 0 saturated heterocycles. The second kappa shape index (κ2) is 6.83. The van der Waals surface area contributed by atoms with Crippen LogP contribution in [0.4, 0.5) is 0 Å². The van der Waals surface area contributed by atoms with Gasteiger partial charge in [-0.25, -0.2) is 0 Å². The molecule has 5 heteroatoms. The third-order valence-electron chi connectivity index (χ3n) is 2.78. The molecule has 1 amide bonds. The first-order valence-electron chi connectivity index (χ1n) is 5.85. The first-order valence-corrected chi connectivity index (χ1v) is 5.85. The first-order chi connectivity index (χ1) is 7.72. The van der Waals surface area contributed by atoms with Crippen LogP contribution in [0.25, 0.3) is 0 Å². The van der Waals surface area contributed by atoms with Crippen LogP contribution in [0, 0.1) is 0 Å². The molecule has 1 rings (SSSR count). The van der Waals surface area contributed by atoms with Crippen molar-refractivity contribution in [2.75, 3.05) is 33.4 Å². The summed E-state index contributed by atoms with van der Waals surface area (Å²) in [6.45, 7) is 3.43. The van der Waals surface area contributed by atoms with Crippen LogP contribution >= 0.6 is 0 Å². The second-order valence-corrected chi connectivity index (χ2v) is 4.13. The van der Waals surface area contributed by atoms with Gasteiger partial charge in [0.15, 0.2) is 0 Å². The Morgan fingerprint density at radius 2 is 2.31 bits per heavy atom. The summed E-state index contributed by atoms with van der Waals surface area (Å²) in [5.74, 6) is 0.111. The molecule has 1 aliphatic carbocycles. The highest BCUT2D eigenvalue weighted by atomic mass is 16.5. The van der Waals surface area contributed by atoms with E-state index < -0.39 is 0 Å². The van der Waals surface area contributed by atoms with Gasteiger partial charge in [-0.2, -0.15) is 0 Å². The minimum atomic E-state index is -0.160. The van der Waals surface area contributed by atoms with Crippen molar-refractivity contribution in [1.82, 2.24) is 10.2 Å². The minimum Gasteiger partial charge on any atom is -0.395 e. The minimum absolute atomic E-state index is 0.0172. The van der Waals surface area contributed by atoms with Gasteiger partial charge in [0.1, 0.15) is 0 Å². The van der Waals surface area contributed by atoms with Gasteiger partial charge in [0, 0.05) is 19.7 Å². The molecule has 0 heterocycles. The number of aliphatic hydroxyl groups is 1. The number of aliphatic hydroxyl groups excluding tert-OH is 1. The molecule has 0 spiro atoms. The van der Waals surface area contributed by atoms with Gasteiger partial charge in [0.25, 0.3) is 0 Å². The Morgan fingerprint density at radius 3 is 2.75 bits per heavy atom. The Balaban J connectivity index is 2.26. The van der Waals surface area contributed by atoms with Crippen LogP contribution in [0.2, 0.25) is 0 Å². The molecule has 0 bridgehead atoms. The molecule has 1 unspecified atom stereocenters. The standard InChI is InChI=1S/C11H22N2O3/c1-3-13(10-4-5-10)11(15)6-12-9(7-14)8-16-2/h9-10,12,14H,3-8H2,1-2H3. The van der Waals surface area contributed by atoms with E-state index in [0.29, 0.717) is 12.6 Å². The summed E-state index contributed by atoms with van der Waals surface area (Å²) in [5.41, 5.74) is 0. The number of methoxy groups -OCH3 is 1. The number of nitrogens with zero attached hydrogens (tertiary/aromatic N) is 1. The van der Waals surface area contributed by atoms with E-state index in [1.54, 1.807) is 7.11 Å². The molecule has 0 aromatic rings. The highest BCUT2D eigenvalue weighted by molar-refractivity contribution is 5.78. The largest absolute Gasteiger partial charge is 0.395 e. The fourth-order valence-electron chi connectivity index (χ4n) is 1.73. The van der Waals surface area contributed by atoms with Crippen molar-refractivity contribution >= 4 is 5.91 Å². The summed E-state index contributed by atoms with van der Waals surface area (Å²) in [6.07, 6.45) is 2.25. The van der Waals surface area contributed by atoms with Crippen LogP contribution in [0.15, 0.2) is 0 Å². The monoisotopic (exact) mass is 230 g/mol. The molecule has 1 aliphatic rings. The van der Waals surface area contributed by atoms with Crippen LogP contribution in [0.3, 0.4) is 0 Å². The summed E-state index contributed by atoms with van der Waals surface area (Å²) in [4.78, 5) is 13.7. The van der Waals surface area contributed by atoms with Crippen molar-refractivity contribution < 1.29 is 14.6 Å². The lowest BCUT2D eigenvalue weighted by atomic mass is 10.3. The molecule has 1 saturated carbocycles. The van der Waals surface area contributed by atoms with Crippen molar-refractivity contribution in [3.63, 3.8) is 0 Å². The number of ether oxygens (including phenoxy) is 1. The molecule has 2 N–H and O–H groups in total. The topological polar surface area (TPSA) is 61.8 Å². The van der Waals surface area contributed by atoms with E-state index >= 15 is 0 Å². The van der Waals surface area contributed by atoms with Gasteiger partial charge >= 0.3 is 0 Å². The predicted octanol–water partition coefficient (Wildman–Crippen LogP) is -0.406. The van der Waals surface area contributed by atoms with Crippen molar-refractivity contribution in [2.24, 2.45) is 0 Å². The number of rotatable bonds is 8. The van der Waals surface area contributed by atoms with E-state index in [0.717, 1.165) is 19.4 Å². The van der Waals surface area contributed by atoms with E-state index in [-0.39, 0.29) is 25.1 Å². The van der Waals surface area contributed by atoms with Crippen LogP contribution in [0.1, 0.15) is 19.8 Å². The Labute approximate surface area is 96.8 Å². The van der Waals surface area contributed by atoms with E-state index in [9.17, 15) is 4.79 Å². The number of hydrogen-bond donors (Lipinski definition) is 2. The van der Waals surface area contributed by atoms with E-state index in [1.807, 2.05) is 11.8 Å². The molecule has 5 nitrogen and oxygen atoms in total. The zero-order valence-corrected chi connectivity index (χ0v) is 10.1. The molecule has 0 aliphatic heterocycles. The smallest absolute Gasteiger partial charge is 0.236 e. The summed E-state index contributed by atoms with van der Waals surface area (Å²) < 4.78 is 4.93. The molecular formula is C11H22N2O3. The molecule has 0 aromatic carbocycles. The van der Waals surface area contributed by atoms with Gasteiger partial charge in [0.2, 0.25) is 5.91 Å². The maximum absolute atomic E-state index is 11.8. The molecule has 1 atom stereocenters. The molecule has 1 fully saturated rings. The van der Waals surface area contributed by atoms with Gasteiger partial charge in [-0.15, -0.1) is 0 Å². The quantitative estimate of drug-likeness (QED) is 0.595. The van der Waals surface area contributed by atoms with Crippen molar-refractivity contribution in [3.05, 3.63) is 0 Å². The van der Waals surface area contributed by atoms with E-state index in [1.165, 1.54) is 0 Å². The summed E-state index contributed by atoms with van der Waals surface area (Å²) in [7, 11) is 1.58. The lowest BCUT2D eigenvalue weighted by molar-refractivity contribution is -0.130. The van der Waals surface area contributed by atoms with Gasteiger partial charge in [-0.3, -0.25) is 4.79 Å². The summed E-state index contributed by atoms with van der Waals surface area (Å²) in [5, 5.41) is 12.0. The molecule has 0 aromatic heterocycles. The van der Waals surface area contributed by atoms with E-state index in [2.05, 4.69) is 5.32 Å². The fourth-order valence-corrected chi connectivity index (χ4v) is 1.73. The second-order valence-electron chi connectivity index (χ2n) is 4.13. The van der Waals surface area contributed by atoms with Crippen LogP contribution in [0.5, 0.6) is 0 Å². The van der Waals surface area contributed by atoms with Crippen molar-refractivity contribution in [3.8, 4) is 0 Å². The van der Waals surface area contributed by atoms with Crippen LogP contribution in [-0.4, -0.2) is 61.4 Å². The maximum atomic E-state index is 11.8. The number of amides is 1. The van der Waals surface area contributed by atoms with Gasteiger partial charge < -0.3 is 20.1 Å². The Bertz CT molecular complexity index is 219. The van der Waals surface area contributed by atoms with Gasteiger partial charge in [-0.1, -0.05) is 0 Å². The molecule has 16 heavy (non-hydrogen) atoms. The third kappa shape index (κ3) is 4.08. The van der Waals surface area contributed by atoms with Gasteiger partial charge in [-0.05, 0) is 19.8 Å². The fraction of sp³-hybridized carbons (Fsp3) is 0.909. The highest BCUT2D eigenvalue weighted by Gasteiger charge is 2.31. The third-order valence-corrected chi connectivity index (χ3v) is 2.78. The number of carbonyl (C=O) groups excluding carboxylic acids is 1. The Morgan fingerprint density at radius 1 is 1.62 bits per heavy atom. The van der Waals surface area contributed by atoms with Crippen LogP contribution < -0.4 is 5.32 Å². The SMILES string of the molecule is CCN(C(=O)CNC(CO)COC)C1CC1. The predicted molar refractivity (Wildman–Crippen MR) is 61.2 cm³/mol. The maximum Gasteiger partial charge on any atom is 0.236 e. The average molecular weight is 230 g/mol. The number of hydrogen-bond acceptors (Lipinski definition) is 4. The number of carbonyl (C=O) groups is 1. The Hall–Kier alpha value is -0.650. The number of likely N-dealkylation sites (N-methyl/N-ethyl adjacent to an activating group) is 1. The lowest BCUT2D eigenvalue weighted by Crippen LogP contribution is -2.45. The molecule has 0 radical (unpaired) electrons. The summed E-state index contributed by atoms with van der Waals surface area (Å²) >= 11 is 0. The van der Waals surface area contributed by atoms with E-state index in [4.69, 9.17) is 9.84 Å². The zero-order valence-electron chi connectivity index (χ0n) is 10.1.